The minimum atomic E-state index is -3.80. The maximum absolute atomic E-state index is 13.5. The van der Waals surface area contributed by atoms with Crippen LogP contribution in [0.5, 0.6) is 0 Å². The van der Waals surface area contributed by atoms with Gasteiger partial charge in [0.05, 0.1) is 4.90 Å². The van der Waals surface area contributed by atoms with E-state index in [1.807, 2.05) is 32.3 Å². The summed E-state index contributed by atoms with van der Waals surface area (Å²) in [5, 5.41) is 2.87. The number of sulfone groups is 1. The number of rotatable bonds is 5. The van der Waals surface area contributed by atoms with Crippen molar-refractivity contribution in [3.05, 3.63) is 41.1 Å². The van der Waals surface area contributed by atoms with Crippen LogP contribution in [-0.2, 0) is 19.4 Å². The second-order valence-electron chi connectivity index (χ2n) is 7.66. The number of aryl methyl sites for hydroxylation is 1. The summed E-state index contributed by atoms with van der Waals surface area (Å²) in [6.45, 7) is 10.1. The Labute approximate surface area is 166 Å². The van der Waals surface area contributed by atoms with Gasteiger partial charge in [-0.15, -0.1) is 0 Å². The Balaban J connectivity index is 2.15. The average Bonchev–Trinajstić information content (AvgIpc) is 3.23. The van der Waals surface area contributed by atoms with Crippen molar-refractivity contribution in [1.29, 1.82) is 0 Å². The Morgan fingerprint density at radius 2 is 1.82 bits per heavy atom. The number of hydrogen-bond acceptors (Lipinski definition) is 4. The SMILES string of the molecule is Cc1ccc(S(=O)(=O)c2c(C)c(C)n(C(C)C)c2NC(=O)[C@H]2CCCO2)cc1. The van der Waals surface area contributed by atoms with Crippen molar-refractivity contribution in [3.63, 3.8) is 0 Å². The maximum atomic E-state index is 13.5. The van der Waals surface area contributed by atoms with Gasteiger partial charge in [-0.1, -0.05) is 17.7 Å². The smallest absolute Gasteiger partial charge is 0.254 e. The third kappa shape index (κ3) is 3.61. The topological polar surface area (TPSA) is 77.4 Å². The van der Waals surface area contributed by atoms with Crippen LogP contribution in [-0.4, -0.2) is 31.6 Å². The second-order valence-corrected chi connectivity index (χ2v) is 9.55. The molecule has 1 fully saturated rings. The van der Waals surface area contributed by atoms with E-state index in [4.69, 9.17) is 4.74 Å². The molecule has 1 aromatic carbocycles. The predicted octanol–water partition coefficient (Wildman–Crippen LogP) is 3.94. The van der Waals surface area contributed by atoms with Crippen LogP contribution in [0.1, 0.15) is 49.6 Å². The quantitative estimate of drug-likeness (QED) is 0.819. The standard InChI is InChI=1S/C21H28N2O4S/c1-13(2)23-16(5)15(4)19(20(23)22-21(24)18-7-6-12-27-18)28(25,26)17-10-8-14(3)9-11-17/h8-11,13,18H,6-7,12H2,1-5H3,(H,22,24)/t18-/m1/s1. The van der Waals surface area contributed by atoms with E-state index >= 15 is 0 Å². The zero-order chi connectivity index (χ0) is 20.6. The molecule has 0 unspecified atom stereocenters. The summed E-state index contributed by atoms with van der Waals surface area (Å²) in [4.78, 5) is 13.1. The van der Waals surface area contributed by atoms with Crippen molar-refractivity contribution in [2.24, 2.45) is 0 Å². The highest BCUT2D eigenvalue weighted by molar-refractivity contribution is 7.91. The van der Waals surface area contributed by atoms with Crippen molar-refractivity contribution in [1.82, 2.24) is 4.57 Å². The highest BCUT2D eigenvalue weighted by Gasteiger charge is 2.33. The van der Waals surface area contributed by atoms with Crippen LogP contribution in [0.4, 0.5) is 5.82 Å². The van der Waals surface area contributed by atoms with Crippen molar-refractivity contribution in [2.75, 3.05) is 11.9 Å². The third-order valence-corrected chi connectivity index (χ3v) is 7.21. The molecule has 6 nitrogen and oxygen atoms in total. The molecule has 1 saturated heterocycles. The van der Waals surface area contributed by atoms with Gasteiger partial charge in [0.25, 0.3) is 5.91 Å². The van der Waals surface area contributed by atoms with Crippen molar-refractivity contribution < 1.29 is 17.9 Å². The maximum Gasteiger partial charge on any atom is 0.254 e. The van der Waals surface area contributed by atoms with E-state index in [0.29, 0.717) is 24.4 Å². The minimum Gasteiger partial charge on any atom is -0.368 e. The summed E-state index contributed by atoms with van der Waals surface area (Å²) in [6.07, 6.45) is 0.938. The minimum absolute atomic E-state index is 0.0135. The molecule has 1 atom stereocenters. The number of carbonyl (C=O) groups excluding carboxylic acids is 1. The Kier molecular flexibility index (Phi) is 5.68. The van der Waals surface area contributed by atoms with Gasteiger partial charge >= 0.3 is 0 Å². The van der Waals surface area contributed by atoms with E-state index in [9.17, 15) is 13.2 Å². The Morgan fingerprint density at radius 3 is 2.36 bits per heavy atom. The number of ether oxygens (including phenoxy) is 1. The highest BCUT2D eigenvalue weighted by atomic mass is 32.2. The lowest BCUT2D eigenvalue weighted by atomic mass is 10.2. The Bertz CT molecular complexity index is 982. The lowest BCUT2D eigenvalue weighted by Gasteiger charge is -2.19. The number of anilines is 1. The number of benzene rings is 1. The summed E-state index contributed by atoms with van der Waals surface area (Å²) in [5.41, 5.74) is 2.46. The number of amides is 1. The van der Waals surface area contributed by atoms with E-state index in [0.717, 1.165) is 17.7 Å². The third-order valence-electron chi connectivity index (χ3n) is 5.28. The molecule has 1 aliphatic rings. The molecular formula is C21H28N2O4S. The molecule has 1 aliphatic heterocycles. The fourth-order valence-electron chi connectivity index (χ4n) is 3.71. The second kappa shape index (κ2) is 7.72. The predicted molar refractivity (Wildman–Crippen MR) is 109 cm³/mol. The van der Waals surface area contributed by atoms with Crippen LogP contribution in [0.15, 0.2) is 34.1 Å². The Hall–Kier alpha value is -2.12. The lowest BCUT2D eigenvalue weighted by Crippen LogP contribution is -2.29. The highest BCUT2D eigenvalue weighted by Crippen LogP contribution is 2.37. The number of carbonyl (C=O) groups is 1. The molecule has 3 rings (SSSR count). The van der Waals surface area contributed by atoms with Crippen LogP contribution >= 0.6 is 0 Å². The number of nitrogens with one attached hydrogen (secondary N) is 1. The number of nitrogens with zero attached hydrogens (tertiary/aromatic N) is 1. The van der Waals surface area contributed by atoms with E-state index in [-0.39, 0.29) is 21.7 Å². The summed E-state index contributed by atoms with van der Waals surface area (Å²) < 4.78 is 34.3. The van der Waals surface area contributed by atoms with Crippen molar-refractivity contribution in [3.8, 4) is 0 Å². The molecule has 0 radical (unpaired) electrons. The van der Waals surface area contributed by atoms with Gasteiger partial charge in [-0.2, -0.15) is 0 Å². The molecule has 0 aliphatic carbocycles. The molecule has 1 amide bonds. The summed E-state index contributed by atoms with van der Waals surface area (Å²) in [7, 11) is -3.80. The molecule has 2 heterocycles. The molecule has 152 valence electrons. The summed E-state index contributed by atoms with van der Waals surface area (Å²) >= 11 is 0. The largest absolute Gasteiger partial charge is 0.368 e. The first-order valence-corrected chi connectivity index (χ1v) is 11.1. The van der Waals surface area contributed by atoms with Gasteiger partial charge in [-0.3, -0.25) is 4.79 Å². The molecule has 28 heavy (non-hydrogen) atoms. The van der Waals surface area contributed by atoms with Gasteiger partial charge in [0.1, 0.15) is 16.8 Å². The van der Waals surface area contributed by atoms with Crippen LogP contribution in [0.2, 0.25) is 0 Å². The summed E-state index contributed by atoms with van der Waals surface area (Å²) in [6, 6.07) is 6.76. The van der Waals surface area contributed by atoms with Crippen LogP contribution in [0, 0.1) is 20.8 Å². The molecule has 0 saturated carbocycles. The molecule has 2 aromatic rings. The van der Waals surface area contributed by atoms with Crippen molar-refractivity contribution in [2.45, 2.75) is 69.4 Å². The molecule has 1 aromatic heterocycles. The molecule has 0 bridgehead atoms. The van der Waals surface area contributed by atoms with E-state index in [1.54, 1.807) is 31.2 Å². The first-order valence-electron chi connectivity index (χ1n) is 9.60. The first kappa shape index (κ1) is 20.6. The van der Waals surface area contributed by atoms with Crippen LogP contribution in [0.25, 0.3) is 0 Å². The molecule has 0 spiro atoms. The Morgan fingerprint density at radius 1 is 1.18 bits per heavy atom. The van der Waals surface area contributed by atoms with Crippen molar-refractivity contribution >= 4 is 21.6 Å². The zero-order valence-electron chi connectivity index (χ0n) is 17.1. The molecular weight excluding hydrogens is 376 g/mol. The van der Waals surface area contributed by atoms with Gasteiger partial charge in [0.15, 0.2) is 0 Å². The van der Waals surface area contributed by atoms with Gasteiger partial charge in [0.2, 0.25) is 9.84 Å². The monoisotopic (exact) mass is 404 g/mol. The lowest BCUT2D eigenvalue weighted by molar-refractivity contribution is -0.124. The van der Waals surface area contributed by atoms with Crippen LogP contribution < -0.4 is 5.32 Å². The summed E-state index contributed by atoms with van der Waals surface area (Å²) in [5.74, 6) is 0.0309. The van der Waals surface area contributed by atoms with E-state index in [1.165, 1.54) is 0 Å². The van der Waals surface area contributed by atoms with Gasteiger partial charge in [0, 0.05) is 18.3 Å². The normalized spacial score (nSPS) is 17.3. The van der Waals surface area contributed by atoms with Gasteiger partial charge < -0.3 is 14.6 Å². The number of hydrogen-bond donors (Lipinski definition) is 1. The number of aromatic nitrogens is 1. The molecule has 7 heteroatoms. The fourth-order valence-corrected chi connectivity index (χ4v) is 5.39. The average molecular weight is 405 g/mol. The van der Waals surface area contributed by atoms with Gasteiger partial charge in [-0.25, -0.2) is 8.42 Å². The van der Waals surface area contributed by atoms with E-state index < -0.39 is 15.9 Å². The van der Waals surface area contributed by atoms with Gasteiger partial charge in [-0.05, 0) is 65.2 Å². The first-order chi connectivity index (χ1) is 13.1. The zero-order valence-corrected chi connectivity index (χ0v) is 17.9. The molecule has 1 N–H and O–H groups in total. The fraction of sp³-hybridized carbons (Fsp3) is 0.476. The van der Waals surface area contributed by atoms with E-state index in [2.05, 4.69) is 5.32 Å². The van der Waals surface area contributed by atoms with Crippen LogP contribution in [0.3, 0.4) is 0 Å².